The number of nitrogens with one attached hydrogen (secondary N) is 1. The lowest BCUT2D eigenvalue weighted by Gasteiger charge is -2.41. The second-order valence-corrected chi connectivity index (χ2v) is 7.34. The van der Waals surface area contributed by atoms with Crippen LogP contribution in [0.1, 0.15) is 62.4 Å². The molecule has 1 fully saturated rings. The van der Waals surface area contributed by atoms with Crippen LogP contribution in [0.5, 0.6) is 0 Å². The monoisotopic (exact) mass is 289 g/mol. The van der Waals surface area contributed by atoms with Crippen LogP contribution in [0.15, 0.2) is 18.2 Å². The first-order valence-electron chi connectivity index (χ1n) is 7.89. The maximum atomic E-state index is 11.2. The molecule has 2 rings (SSSR count). The second kappa shape index (κ2) is 6.08. The minimum Gasteiger partial charge on any atom is -0.478 e. The lowest BCUT2D eigenvalue weighted by Crippen LogP contribution is -2.40. The first-order valence-corrected chi connectivity index (χ1v) is 7.89. The third-order valence-corrected chi connectivity index (χ3v) is 4.70. The molecule has 0 bridgehead atoms. The molecule has 2 unspecified atom stereocenters. The van der Waals surface area contributed by atoms with Crippen LogP contribution in [0.25, 0.3) is 0 Å². The summed E-state index contributed by atoms with van der Waals surface area (Å²) in [5.74, 6) is -0.242. The first kappa shape index (κ1) is 15.9. The number of hydrogen-bond donors (Lipinski definition) is 2. The van der Waals surface area contributed by atoms with E-state index in [1.807, 2.05) is 13.0 Å². The average molecular weight is 289 g/mol. The maximum absolute atomic E-state index is 11.2. The van der Waals surface area contributed by atoms with Gasteiger partial charge in [0, 0.05) is 11.7 Å². The number of aromatic carboxylic acids is 1. The van der Waals surface area contributed by atoms with E-state index < -0.39 is 5.97 Å². The highest BCUT2D eigenvalue weighted by atomic mass is 16.4. The van der Waals surface area contributed by atoms with Crippen molar-refractivity contribution in [3.8, 4) is 0 Å². The molecule has 0 saturated heterocycles. The molecule has 1 aromatic rings. The Kier molecular flexibility index (Phi) is 4.60. The molecule has 21 heavy (non-hydrogen) atoms. The molecule has 1 aromatic carbocycles. The van der Waals surface area contributed by atoms with Crippen molar-refractivity contribution >= 4 is 11.7 Å². The molecule has 0 amide bonds. The van der Waals surface area contributed by atoms with Crippen LogP contribution >= 0.6 is 0 Å². The highest BCUT2D eigenvalue weighted by Crippen LogP contribution is 2.39. The molecule has 1 aliphatic rings. The van der Waals surface area contributed by atoms with Gasteiger partial charge in [-0.05, 0) is 48.8 Å². The van der Waals surface area contributed by atoms with Gasteiger partial charge in [0.2, 0.25) is 0 Å². The van der Waals surface area contributed by atoms with Gasteiger partial charge in [0.25, 0.3) is 0 Å². The number of benzene rings is 1. The fourth-order valence-electron chi connectivity index (χ4n) is 3.45. The second-order valence-electron chi connectivity index (χ2n) is 7.34. The fourth-order valence-corrected chi connectivity index (χ4v) is 3.45. The Morgan fingerprint density at radius 3 is 2.52 bits per heavy atom. The third kappa shape index (κ3) is 3.78. The van der Waals surface area contributed by atoms with Gasteiger partial charge in [0.15, 0.2) is 0 Å². The molecule has 2 N–H and O–H groups in total. The van der Waals surface area contributed by atoms with E-state index in [0.717, 1.165) is 11.3 Å². The largest absolute Gasteiger partial charge is 0.478 e. The van der Waals surface area contributed by atoms with Gasteiger partial charge >= 0.3 is 5.97 Å². The van der Waals surface area contributed by atoms with Gasteiger partial charge < -0.3 is 10.4 Å². The summed E-state index contributed by atoms with van der Waals surface area (Å²) in [6.07, 6.45) is 4.97. The highest BCUT2D eigenvalue weighted by molar-refractivity contribution is 5.89. The molecule has 0 aliphatic heterocycles. The molecule has 1 saturated carbocycles. The number of anilines is 1. The Morgan fingerprint density at radius 1 is 1.24 bits per heavy atom. The molecule has 116 valence electrons. The third-order valence-electron chi connectivity index (χ3n) is 4.70. The summed E-state index contributed by atoms with van der Waals surface area (Å²) in [5, 5.41) is 12.8. The number of carboxylic acid groups (broad SMARTS) is 1. The molecular weight excluding hydrogens is 262 g/mol. The Balaban J connectivity index is 2.23. The summed E-state index contributed by atoms with van der Waals surface area (Å²) in [7, 11) is 0. The van der Waals surface area contributed by atoms with E-state index in [4.69, 9.17) is 5.11 Å². The SMILES string of the molecule is Cc1ccc(C(=O)O)cc1NC1CCCCC1C(C)(C)C. The fraction of sp³-hybridized carbons (Fsp3) is 0.611. The van der Waals surface area contributed by atoms with Gasteiger partial charge in [0.1, 0.15) is 0 Å². The quantitative estimate of drug-likeness (QED) is 0.847. The molecule has 0 radical (unpaired) electrons. The molecule has 3 heteroatoms. The predicted octanol–water partition coefficient (Wildman–Crippen LogP) is 4.71. The highest BCUT2D eigenvalue weighted by Gasteiger charge is 2.34. The average Bonchev–Trinajstić information content (AvgIpc) is 2.40. The minimum absolute atomic E-state index is 0.274. The van der Waals surface area contributed by atoms with Crippen LogP contribution in [-0.2, 0) is 0 Å². The standard InChI is InChI=1S/C18H27NO2/c1-12-9-10-13(17(20)21)11-16(12)19-15-8-6-5-7-14(15)18(2,3)4/h9-11,14-15,19H,5-8H2,1-4H3,(H,20,21). The van der Waals surface area contributed by atoms with E-state index in [1.165, 1.54) is 25.7 Å². The van der Waals surface area contributed by atoms with Crippen molar-refractivity contribution in [1.29, 1.82) is 0 Å². The molecule has 0 spiro atoms. The Hall–Kier alpha value is -1.51. The van der Waals surface area contributed by atoms with E-state index in [2.05, 4.69) is 26.1 Å². The van der Waals surface area contributed by atoms with Gasteiger partial charge in [-0.15, -0.1) is 0 Å². The summed E-state index contributed by atoms with van der Waals surface area (Å²) in [6.45, 7) is 8.94. The minimum atomic E-state index is -0.867. The Labute approximate surface area is 127 Å². The molecule has 0 aromatic heterocycles. The van der Waals surface area contributed by atoms with Crippen LogP contribution in [0.2, 0.25) is 0 Å². The number of carbonyl (C=O) groups is 1. The topological polar surface area (TPSA) is 49.3 Å². The molecule has 0 heterocycles. The van der Waals surface area contributed by atoms with Crippen molar-refractivity contribution in [3.05, 3.63) is 29.3 Å². The van der Waals surface area contributed by atoms with Crippen LogP contribution in [0.4, 0.5) is 5.69 Å². The summed E-state index contributed by atoms with van der Waals surface area (Å²) in [6, 6.07) is 5.76. The smallest absolute Gasteiger partial charge is 0.335 e. The predicted molar refractivity (Wildman–Crippen MR) is 87.0 cm³/mol. The van der Waals surface area contributed by atoms with Crippen LogP contribution in [-0.4, -0.2) is 17.1 Å². The molecule has 3 nitrogen and oxygen atoms in total. The Bertz CT molecular complexity index is 516. The number of hydrogen-bond acceptors (Lipinski definition) is 2. The molecular formula is C18H27NO2. The first-order chi connectivity index (χ1) is 9.79. The molecule has 1 aliphatic carbocycles. The summed E-state index contributed by atoms with van der Waals surface area (Å²) in [5.41, 5.74) is 2.71. The van der Waals surface area contributed by atoms with Gasteiger partial charge in [-0.1, -0.05) is 39.7 Å². The zero-order chi connectivity index (χ0) is 15.6. The maximum Gasteiger partial charge on any atom is 0.335 e. The summed E-state index contributed by atoms with van der Waals surface area (Å²) < 4.78 is 0. The zero-order valence-corrected chi connectivity index (χ0v) is 13.6. The molecule has 2 atom stereocenters. The lowest BCUT2D eigenvalue weighted by molar-refractivity contribution is 0.0697. The number of carboxylic acids is 1. The summed E-state index contributed by atoms with van der Waals surface area (Å²) >= 11 is 0. The van der Waals surface area contributed by atoms with Gasteiger partial charge in [0.05, 0.1) is 5.56 Å². The van der Waals surface area contributed by atoms with E-state index in [9.17, 15) is 4.79 Å². The van der Waals surface area contributed by atoms with Gasteiger partial charge in [-0.25, -0.2) is 4.79 Å². The van der Waals surface area contributed by atoms with E-state index >= 15 is 0 Å². The zero-order valence-electron chi connectivity index (χ0n) is 13.6. The van der Waals surface area contributed by atoms with Crippen molar-refractivity contribution in [2.75, 3.05) is 5.32 Å². The van der Waals surface area contributed by atoms with E-state index in [-0.39, 0.29) is 5.41 Å². The van der Waals surface area contributed by atoms with Crippen LogP contribution in [0, 0.1) is 18.3 Å². The van der Waals surface area contributed by atoms with Crippen LogP contribution < -0.4 is 5.32 Å². The van der Waals surface area contributed by atoms with Crippen molar-refractivity contribution in [2.45, 2.75) is 59.4 Å². The Morgan fingerprint density at radius 2 is 1.90 bits per heavy atom. The summed E-state index contributed by atoms with van der Waals surface area (Å²) in [4.78, 5) is 11.2. The van der Waals surface area contributed by atoms with Gasteiger partial charge in [-0.3, -0.25) is 0 Å². The lowest BCUT2D eigenvalue weighted by atomic mass is 9.69. The van der Waals surface area contributed by atoms with Crippen molar-refractivity contribution in [3.63, 3.8) is 0 Å². The van der Waals surface area contributed by atoms with E-state index in [1.54, 1.807) is 12.1 Å². The van der Waals surface area contributed by atoms with Crippen molar-refractivity contribution < 1.29 is 9.90 Å². The van der Waals surface area contributed by atoms with Crippen molar-refractivity contribution in [1.82, 2.24) is 0 Å². The van der Waals surface area contributed by atoms with Crippen LogP contribution in [0.3, 0.4) is 0 Å². The normalized spacial score (nSPS) is 22.9. The van der Waals surface area contributed by atoms with Gasteiger partial charge in [-0.2, -0.15) is 0 Å². The number of aryl methyl sites for hydroxylation is 1. The van der Waals surface area contributed by atoms with Crippen molar-refractivity contribution in [2.24, 2.45) is 11.3 Å². The van der Waals surface area contributed by atoms with E-state index in [0.29, 0.717) is 17.5 Å². The number of rotatable bonds is 3.